The number of rotatable bonds is 1. The van der Waals surface area contributed by atoms with Crippen LogP contribution in [0.15, 0.2) is 39.9 Å². The average molecular weight is 257 g/mol. The van der Waals surface area contributed by atoms with Gasteiger partial charge in [0.15, 0.2) is 11.2 Å². The summed E-state index contributed by atoms with van der Waals surface area (Å²) in [5.41, 5.74) is 0.316. The zero-order chi connectivity index (χ0) is 13.6. The highest BCUT2D eigenvalue weighted by atomic mass is 16.2. The Morgan fingerprint density at radius 3 is 2.32 bits per heavy atom. The molecule has 2 heterocycles. The molecule has 1 aromatic carbocycles. The molecule has 0 N–H and O–H groups in total. The third kappa shape index (κ3) is 1.59. The van der Waals surface area contributed by atoms with Crippen molar-refractivity contribution >= 4 is 11.2 Å². The maximum Gasteiger partial charge on any atom is 0.332 e. The van der Waals surface area contributed by atoms with Crippen LogP contribution in [-0.2, 0) is 14.1 Å². The minimum Gasteiger partial charge on any atom is -0.278 e. The fourth-order valence-electron chi connectivity index (χ4n) is 1.90. The van der Waals surface area contributed by atoms with Gasteiger partial charge in [0.2, 0.25) is 0 Å². The number of para-hydroxylation sites is 1. The molecule has 2 aromatic heterocycles. The van der Waals surface area contributed by atoms with E-state index in [-0.39, 0.29) is 11.2 Å². The second-order valence-corrected chi connectivity index (χ2v) is 4.20. The minimum absolute atomic E-state index is 0.174. The van der Waals surface area contributed by atoms with E-state index in [1.807, 2.05) is 30.3 Å². The van der Waals surface area contributed by atoms with E-state index >= 15 is 0 Å². The standard InChI is InChI=1S/C12H11N5O2/c1-15-10-9(11(18)16(2)12(15)19)13-17(14-10)8-6-4-3-5-7-8/h3-7H,1-2H3. The molecule has 7 nitrogen and oxygen atoms in total. The van der Waals surface area contributed by atoms with Gasteiger partial charge >= 0.3 is 5.69 Å². The Balaban J connectivity index is 2.40. The highest BCUT2D eigenvalue weighted by Crippen LogP contribution is 2.07. The lowest BCUT2D eigenvalue weighted by atomic mass is 10.3. The minimum atomic E-state index is -0.444. The predicted molar refractivity (Wildman–Crippen MR) is 69.3 cm³/mol. The van der Waals surface area contributed by atoms with Gasteiger partial charge in [0.1, 0.15) is 0 Å². The lowest BCUT2D eigenvalue weighted by molar-refractivity contribution is 0.705. The summed E-state index contributed by atoms with van der Waals surface area (Å²) in [6.07, 6.45) is 0. The van der Waals surface area contributed by atoms with Gasteiger partial charge in [-0.3, -0.25) is 13.9 Å². The number of aryl methyl sites for hydroxylation is 1. The first-order valence-electron chi connectivity index (χ1n) is 5.68. The van der Waals surface area contributed by atoms with E-state index in [0.717, 1.165) is 10.3 Å². The zero-order valence-corrected chi connectivity index (χ0v) is 10.4. The van der Waals surface area contributed by atoms with Crippen LogP contribution in [-0.4, -0.2) is 24.1 Å². The molecule has 0 aliphatic carbocycles. The Morgan fingerprint density at radius 1 is 0.947 bits per heavy atom. The first-order valence-corrected chi connectivity index (χ1v) is 5.68. The van der Waals surface area contributed by atoms with Crippen LogP contribution in [0.4, 0.5) is 0 Å². The fourth-order valence-corrected chi connectivity index (χ4v) is 1.90. The third-order valence-corrected chi connectivity index (χ3v) is 2.98. The molecule has 3 rings (SSSR count). The van der Waals surface area contributed by atoms with E-state index in [4.69, 9.17) is 0 Å². The fraction of sp³-hybridized carbons (Fsp3) is 0.167. The van der Waals surface area contributed by atoms with Gasteiger partial charge in [-0.2, -0.15) is 0 Å². The first kappa shape index (κ1) is 11.4. The molecule has 0 spiro atoms. The topological polar surface area (TPSA) is 74.7 Å². The third-order valence-electron chi connectivity index (χ3n) is 2.98. The van der Waals surface area contributed by atoms with Gasteiger partial charge in [-0.15, -0.1) is 15.0 Å². The van der Waals surface area contributed by atoms with Crippen molar-refractivity contribution in [2.75, 3.05) is 0 Å². The maximum absolute atomic E-state index is 12.0. The van der Waals surface area contributed by atoms with Crippen LogP contribution >= 0.6 is 0 Å². The quantitative estimate of drug-likeness (QED) is 0.606. The molecule has 0 bridgehead atoms. The number of benzene rings is 1. The molecule has 0 fully saturated rings. The van der Waals surface area contributed by atoms with Crippen molar-refractivity contribution in [1.82, 2.24) is 24.1 Å². The highest BCUT2D eigenvalue weighted by molar-refractivity contribution is 5.68. The smallest absolute Gasteiger partial charge is 0.278 e. The molecule has 0 amide bonds. The van der Waals surface area contributed by atoms with Gasteiger partial charge in [0.25, 0.3) is 5.56 Å². The van der Waals surface area contributed by atoms with E-state index in [1.54, 1.807) is 7.05 Å². The van der Waals surface area contributed by atoms with E-state index in [1.165, 1.54) is 16.4 Å². The monoisotopic (exact) mass is 257 g/mol. The summed E-state index contributed by atoms with van der Waals surface area (Å²) >= 11 is 0. The van der Waals surface area contributed by atoms with Crippen LogP contribution in [0.2, 0.25) is 0 Å². The zero-order valence-electron chi connectivity index (χ0n) is 10.4. The summed E-state index contributed by atoms with van der Waals surface area (Å²) in [6.45, 7) is 0. The summed E-state index contributed by atoms with van der Waals surface area (Å²) in [5, 5.41) is 8.36. The lowest BCUT2D eigenvalue weighted by Crippen LogP contribution is -2.36. The van der Waals surface area contributed by atoms with Gasteiger partial charge in [-0.1, -0.05) is 18.2 Å². The lowest BCUT2D eigenvalue weighted by Gasteiger charge is -1.99. The van der Waals surface area contributed by atoms with Crippen LogP contribution in [0.25, 0.3) is 16.9 Å². The van der Waals surface area contributed by atoms with Crippen LogP contribution in [0.3, 0.4) is 0 Å². The largest absolute Gasteiger partial charge is 0.332 e. The molecule has 0 aliphatic heterocycles. The molecule has 19 heavy (non-hydrogen) atoms. The molecule has 0 atom stereocenters. The Hall–Kier alpha value is -2.70. The van der Waals surface area contributed by atoms with Gasteiger partial charge in [-0.05, 0) is 12.1 Å². The summed E-state index contributed by atoms with van der Waals surface area (Å²) in [5.74, 6) is 0. The van der Waals surface area contributed by atoms with Crippen molar-refractivity contribution in [3.8, 4) is 5.69 Å². The molecule has 0 saturated heterocycles. The summed E-state index contributed by atoms with van der Waals surface area (Å²) in [6, 6.07) is 9.21. The van der Waals surface area contributed by atoms with E-state index in [0.29, 0.717) is 0 Å². The molecule has 0 radical (unpaired) electrons. The summed E-state index contributed by atoms with van der Waals surface area (Å²) < 4.78 is 2.33. The molecule has 0 aliphatic rings. The Morgan fingerprint density at radius 2 is 1.63 bits per heavy atom. The van der Waals surface area contributed by atoms with Crippen LogP contribution in [0.5, 0.6) is 0 Å². The molecule has 7 heteroatoms. The number of aromatic nitrogens is 5. The molecule has 0 saturated carbocycles. The van der Waals surface area contributed by atoms with E-state index < -0.39 is 11.2 Å². The molecular weight excluding hydrogens is 246 g/mol. The van der Waals surface area contributed by atoms with E-state index in [9.17, 15) is 9.59 Å². The second-order valence-electron chi connectivity index (χ2n) is 4.20. The van der Waals surface area contributed by atoms with Gasteiger partial charge < -0.3 is 0 Å². The number of hydrogen-bond donors (Lipinski definition) is 0. The predicted octanol–water partition coefficient (Wildman–Crippen LogP) is -0.182. The maximum atomic E-state index is 12.0. The number of nitrogens with zero attached hydrogens (tertiary/aromatic N) is 5. The second kappa shape index (κ2) is 3.91. The van der Waals surface area contributed by atoms with Gasteiger partial charge in [0, 0.05) is 14.1 Å². The van der Waals surface area contributed by atoms with Gasteiger partial charge in [-0.25, -0.2) is 4.79 Å². The van der Waals surface area contributed by atoms with Crippen LogP contribution in [0.1, 0.15) is 0 Å². The SMILES string of the molecule is Cn1c(=O)c2nn(-c3ccccc3)nc2n(C)c1=O. The number of fused-ring (bicyclic) bond motifs is 1. The molecule has 96 valence electrons. The van der Waals surface area contributed by atoms with Gasteiger partial charge in [0.05, 0.1) is 5.69 Å². The highest BCUT2D eigenvalue weighted by Gasteiger charge is 2.14. The average Bonchev–Trinajstić information content (AvgIpc) is 2.89. The van der Waals surface area contributed by atoms with Crippen molar-refractivity contribution in [3.05, 3.63) is 51.2 Å². The normalized spacial score (nSPS) is 11.1. The Labute approximate surface area is 107 Å². The first-order chi connectivity index (χ1) is 9.09. The van der Waals surface area contributed by atoms with Crippen LogP contribution in [0, 0.1) is 0 Å². The van der Waals surface area contributed by atoms with Crippen molar-refractivity contribution in [2.24, 2.45) is 14.1 Å². The van der Waals surface area contributed by atoms with Crippen LogP contribution < -0.4 is 11.2 Å². The molecule has 0 unspecified atom stereocenters. The van der Waals surface area contributed by atoms with Crippen molar-refractivity contribution in [2.45, 2.75) is 0 Å². The Bertz CT molecular complexity index is 873. The summed E-state index contributed by atoms with van der Waals surface area (Å²) in [4.78, 5) is 25.1. The summed E-state index contributed by atoms with van der Waals surface area (Å²) in [7, 11) is 2.99. The molecule has 3 aromatic rings. The molecular formula is C12H11N5O2. The Kier molecular flexibility index (Phi) is 2.34. The van der Waals surface area contributed by atoms with Crippen molar-refractivity contribution in [3.63, 3.8) is 0 Å². The van der Waals surface area contributed by atoms with Crippen molar-refractivity contribution in [1.29, 1.82) is 0 Å². The van der Waals surface area contributed by atoms with E-state index in [2.05, 4.69) is 10.2 Å². The van der Waals surface area contributed by atoms with Crippen molar-refractivity contribution < 1.29 is 0 Å². The number of hydrogen-bond acceptors (Lipinski definition) is 4.